The van der Waals surface area contributed by atoms with Gasteiger partial charge in [-0.05, 0) is 50.8 Å². The molecule has 7 heteroatoms. The van der Waals surface area contributed by atoms with Crippen LogP contribution in [0.4, 0.5) is 0 Å². The number of ether oxygens (including phenoxy) is 2. The van der Waals surface area contributed by atoms with E-state index in [0.717, 1.165) is 38.1 Å². The quantitative estimate of drug-likeness (QED) is 0.842. The molecular formula is C19H21N3O4. The van der Waals surface area contributed by atoms with Crippen molar-refractivity contribution in [3.8, 4) is 11.5 Å². The van der Waals surface area contributed by atoms with Gasteiger partial charge in [-0.2, -0.15) is 4.98 Å². The second-order valence-electron chi connectivity index (χ2n) is 7.69. The van der Waals surface area contributed by atoms with Crippen molar-refractivity contribution in [1.29, 1.82) is 0 Å². The van der Waals surface area contributed by atoms with Gasteiger partial charge in [0.05, 0.1) is 5.41 Å². The Kier molecular flexibility index (Phi) is 3.45. The van der Waals surface area contributed by atoms with Gasteiger partial charge in [0, 0.05) is 24.6 Å². The summed E-state index contributed by atoms with van der Waals surface area (Å²) in [5.41, 5.74) is 0.312. The Morgan fingerprint density at radius 3 is 2.96 bits per heavy atom. The number of amides is 1. The molecule has 0 spiro atoms. The molecule has 1 saturated heterocycles. The first-order valence-corrected chi connectivity index (χ1v) is 9.15. The standard InChI is InChI=1S/C19H21N3O4/c1-19(18-20-16(21-26-18)12-3-4-12)7-2-8-22(10-19)17(23)13-5-6-14-15(9-13)25-11-24-14/h5-6,9,12H,2-4,7-8,10-11H2,1H3/t19-/m1/s1. The van der Waals surface area contributed by atoms with Crippen molar-refractivity contribution in [2.45, 2.75) is 43.9 Å². The van der Waals surface area contributed by atoms with Crippen molar-refractivity contribution in [3.05, 3.63) is 35.5 Å². The zero-order chi connectivity index (χ0) is 17.7. The lowest BCUT2D eigenvalue weighted by atomic mass is 9.81. The van der Waals surface area contributed by atoms with Crippen molar-refractivity contribution < 1.29 is 18.8 Å². The summed E-state index contributed by atoms with van der Waals surface area (Å²) in [6.07, 6.45) is 4.13. The predicted molar refractivity (Wildman–Crippen MR) is 91.3 cm³/mol. The predicted octanol–water partition coefficient (Wildman–Crippen LogP) is 2.87. The number of hydrogen-bond donors (Lipinski definition) is 0. The molecular weight excluding hydrogens is 334 g/mol. The molecule has 0 unspecified atom stereocenters. The smallest absolute Gasteiger partial charge is 0.254 e. The third-order valence-corrected chi connectivity index (χ3v) is 5.50. The molecule has 7 nitrogen and oxygen atoms in total. The first-order valence-electron chi connectivity index (χ1n) is 9.15. The molecule has 3 heterocycles. The highest BCUT2D eigenvalue weighted by Gasteiger charge is 2.41. The maximum atomic E-state index is 13.0. The summed E-state index contributed by atoms with van der Waals surface area (Å²) in [7, 11) is 0. The number of carbonyl (C=O) groups excluding carboxylic acids is 1. The molecule has 0 radical (unpaired) electrons. The summed E-state index contributed by atoms with van der Waals surface area (Å²) >= 11 is 0. The van der Waals surface area contributed by atoms with Crippen molar-refractivity contribution >= 4 is 5.91 Å². The Balaban J connectivity index is 1.36. The summed E-state index contributed by atoms with van der Waals surface area (Å²) in [4.78, 5) is 19.5. The normalized spacial score (nSPS) is 24.7. The number of hydrogen-bond acceptors (Lipinski definition) is 6. The molecule has 26 heavy (non-hydrogen) atoms. The average Bonchev–Trinajstić information content (AvgIpc) is 3.19. The van der Waals surface area contributed by atoms with E-state index in [1.54, 1.807) is 18.2 Å². The lowest BCUT2D eigenvalue weighted by molar-refractivity contribution is 0.0619. The van der Waals surface area contributed by atoms with Gasteiger partial charge in [-0.1, -0.05) is 5.16 Å². The van der Waals surface area contributed by atoms with Crippen molar-refractivity contribution in [3.63, 3.8) is 0 Å². The lowest BCUT2D eigenvalue weighted by Gasteiger charge is -2.38. The lowest BCUT2D eigenvalue weighted by Crippen LogP contribution is -2.47. The number of nitrogens with zero attached hydrogens (tertiary/aromatic N) is 3. The molecule has 3 aliphatic rings. The Morgan fingerprint density at radius 2 is 2.12 bits per heavy atom. The molecule has 1 saturated carbocycles. The zero-order valence-electron chi connectivity index (χ0n) is 14.7. The summed E-state index contributed by atoms with van der Waals surface area (Å²) in [5, 5.41) is 4.15. The fourth-order valence-corrected chi connectivity index (χ4v) is 3.79. The van der Waals surface area contributed by atoms with E-state index >= 15 is 0 Å². The minimum atomic E-state index is -0.301. The first-order chi connectivity index (χ1) is 12.6. The van der Waals surface area contributed by atoms with Gasteiger partial charge in [0.15, 0.2) is 17.3 Å². The van der Waals surface area contributed by atoms with E-state index in [-0.39, 0.29) is 18.1 Å². The maximum Gasteiger partial charge on any atom is 0.254 e. The molecule has 2 aliphatic heterocycles. The summed E-state index contributed by atoms with van der Waals surface area (Å²) in [5.74, 6) is 3.25. The molecule has 1 aliphatic carbocycles. The van der Waals surface area contributed by atoms with Crippen LogP contribution in [0.3, 0.4) is 0 Å². The van der Waals surface area contributed by atoms with Gasteiger partial charge in [0.25, 0.3) is 5.91 Å². The molecule has 0 bridgehead atoms. The number of rotatable bonds is 3. The number of fused-ring (bicyclic) bond motifs is 1. The highest BCUT2D eigenvalue weighted by atomic mass is 16.7. The summed E-state index contributed by atoms with van der Waals surface area (Å²) in [6, 6.07) is 5.34. The summed E-state index contributed by atoms with van der Waals surface area (Å²) in [6.45, 7) is 3.62. The van der Waals surface area contributed by atoms with Crippen LogP contribution in [-0.2, 0) is 5.41 Å². The van der Waals surface area contributed by atoms with Gasteiger partial charge in [0.2, 0.25) is 12.7 Å². The third-order valence-electron chi connectivity index (χ3n) is 5.50. The molecule has 0 N–H and O–H groups in total. The SMILES string of the molecule is C[C@@]1(c2nc(C3CC3)no2)CCCN(C(=O)c2ccc3c(c2)OCO3)C1. The molecule has 2 fully saturated rings. The fraction of sp³-hybridized carbons (Fsp3) is 0.526. The van der Waals surface area contributed by atoms with Crippen molar-refractivity contribution in [2.24, 2.45) is 0 Å². The van der Waals surface area contributed by atoms with Crippen LogP contribution < -0.4 is 9.47 Å². The van der Waals surface area contributed by atoms with Crippen LogP contribution in [0.25, 0.3) is 0 Å². The second kappa shape index (κ2) is 5.72. The fourth-order valence-electron chi connectivity index (χ4n) is 3.79. The Labute approximate surface area is 151 Å². The number of carbonyl (C=O) groups is 1. The first kappa shape index (κ1) is 15.7. The number of benzene rings is 1. The topological polar surface area (TPSA) is 77.7 Å². The second-order valence-corrected chi connectivity index (χ2v) is 7.69. The average molecular weight is 355 g/mol. The van der Waals surface area contributed by atoms with Crippen LogP contribution in [0, 0.1) is 0 Å². The van der Waals surface area contributed by atoms with Gasteiger partial charge in [-0.3, -0.25) is 4.79 Å². The van der Waals surface area contributed by atoms with Crippen LogP contribution in [0.1, 0.15) is 60.6 Å². The third kappa shape index (κ3) is 2.62. The van der Waals surface area contributed by atoms with Gasteiger partial charge in [-0.15, -0.1) is 0 Å². The van der Waals surface area contributed by atoms with Crippen molar-refractivity contribution in [1.82, 2.24) is 15.0 Å². The Bertz CT molecular complexity index is 860. The zero-order valence-corrected chi connectivity index (χ0v) is 14.7. The molecule has 1 aromatic carbocycles. The number of likely N-dealkylation sites (tertiary alicyclic amines) is 1. The Hall–Kier alpha value is -2.57. The van der Waals surface area contributed by atoms with Gasteiger partial charge >= 0.3 is 0 Å². The molecule has 2 aromatic rings. The minimum absolute atomic E-state index is 0.00356. The highest BCUT2D eigenvalue weighted by Crippen LogP contribution is 2.40. The minimum Gasteiger partial charge on any atom is -0.454 e. The number of aromatic nitrogens is 2. The van der Waals surface area contributed by atoms with Crippen LogP contribution in [0.2, 0.25) is 0 Å². The maximum absolute atomic E-state index is 13.0. The van der Waals surface area contributed by atoms with E-state index < -0.39 is 0 Å². The van der Waals surface area contributed by atoms with E-state index in [1.165, 1.54) is 0 Å². The molecule has 1 aromatic heterocycles. The van der Waals surface area contributed by atoms with Crippen LogP contribution in [0.15, 0.2) is 22.7 Å². The monoisotopic (exact) mass is 355 g/mol. The molecule has 1 amide bonds. The molecule has 5 rings (SSSR count). The largest absolute Gasteiger partial charge is 0.454 e. The van der Waals surface area contributed by atoms with E-state index in [0.29, 0.717) is 35.4 Å². The molecule has 1 atom stereocenters. The Morgan fingerprint density at radius 1 is 1.27 bits per heavy atom. The van der Waals surface area contributed by atoms with Crippen molar-refractivity contribution in [2.75, 3.05) is 19.9 Å². The van der Waals surface area contributed by atoms with Gasteiger partial charge in [0.1, 0.15) is 0 Å². The highest BCUT2D eigenvalue weighted by molar-refractivity contribution is 5.95. The van der Waals surface area contributed by atoms with E-state index in [2.05, 4.69) is 17.1 Å². The van der Waals surface area contributed by atoms with Crippen LogP contribution >= 0.6 is 0 Å². The van der Waals surface area contributed by atoms with Gasteiger partial charge < -0.3 is 18.9 Å². The van der Waals surface area contributed by atoms with E-state index in [4.69, 9.17) is 14.0 Å². The van der Waals surface area contributed by atoms with Crippen LogP contribution in [0.5, 0.6) is 11.5 Å². The summed E-state index contributed by atoms with van der Waals surface area (Å²) < 4.78 is 16.3. The van der Waals surface area contributed by atoms with E-state index in [9.17, 15) is 4.79 Å². The van der Waals surface area contributed by atoms with Crippen LogP contribution in [-0.4, -0.2) is 40.8 Å². The number of piperidine rings is 1. The molecule has 136 valence electrons. The van der Waals surface area contributed by atoms with E-state index in [1.807, 2.05) is 4.90 Å². The van der Waals surface area contributed by atoms with Gasteiger partial charge in [-0.25, -0.2) is 0 Å².